The number of aromatic nitrogens is 3. The van der Waals surface area contributed by atoms with Crippen LogP contribution in [0.5, 0.6) is 0 Å². The smallest absolute Gasteiger partial charge is 0.0764 e. The van der Waals surface area contributed by atoms with E-state index in [2.05, 4.69) is 496 Å². The van der Waals surface area contributed by atoms with Crippen molar-refractivity contribution < 1.29 is 0 Å². The van der Waals surface area contributed by atoms with E-state index in [4.69, 9.17) is 0 Å². The molecule has 0 saturated heterocycles. The van der Waals surface area contributed by atoms with Crippen LogP contribution in [-0.2, 0) is 27.1 Å². The summed E-state index contributed by atoms with van der Waals surface area (Å²) in [6.45, 7) is 9.47. The number of hydrogen-bond acceptors (Lipinski definition) is 4. The number of nitrogens with zero attached hydrogens (tertiary/aromatic N) is 3. The van der Waals surface area contributed by atoms with Crippen molar-refractivity contribution in [3.8, 4) is 72.7 Å². The van der Waals surface area contributed by atoms with Gasteiger partial charge in [0.1, 0.15) is 0 Å². The van der Waals surface area contributed by atoms with Gasteiger partial charge < -0.3 is 13.7 Å². The lowest BCUT2D eigenvalue weighted by atomic mass is 9.62. The molecule has 33 rings (SSSR count). The van der Waals surface area contributed by atoms with Gasteiger partial charge >= 0.3 is 0 Å². The minimum atomic E-state index is -0.483. The molecular weight excluding hydrogens is 1790 g/mol. The van der Waals surface area contributed by atoms with Crippen molar-refractivity contribution in [2.45, 2.75) is 84.1 Å². The zero-order valence-electron chi connectivity index (χ0n) is 78.3. The first-order valence-electron chi connectivity index (χ1n) is 49.5. The Morgan fingerprint density at radius 1 is 0.190 bits per heavy atom. The van der Waals surface area contributed by atoms with Crippen LogP contribution in [0.1, 0.15) is 117 Å². The molecular formula is C135H87N3S4. The SMILES string of the molecule is CC1(C)c2ccccc2-c2c(-c3cccc4c3Sc3ccccc3C43c4ccccc4-n4c5ccccc5c5cccc3c54)cccc21.CC1(C)c2ccccc2-c2cc(-c3cccc4c3Sc3ccccc3C43c4ccccc4-n4c5ccccc5c5cccc3c54)ccc21.c1ccc2c(c1)Sc1c(-c3cccc4c3sc3ccccc34)cccc1C21c2ccccc2-n2c3ccccc3c3cccc1c32. The van der Waals surface area contributed by atoms with Crippen molar-refractivity contribution in [2.75, 3.05) is 0 Å². The molecule has 3 unspecified atom stereocenters. The van der Waals surface area contributed by atoms with E-state index in [0.29, 0.717) is 0 Å². The Balaban J connectivity index is 0.0000000977. The molecule has 0 radical (unpaired) electrons. The predicted octanol–water partition coefficient (Wildman–Crippen LogP) is 35.8. The molecule has 0 saturated carbocycles. The van der Waals surface area contributed by atoms with Crippen molar-refractivity contribution in [3.05, 3.63) is 544 Å². The van der Waals surface area contributed by atoms with Crippen molar-refractivity contribution in [2.24, 2.45) is 0 Å². The van der Waals surface area contributed by atoms with Crippen molar-refractivity contribution >= 4 is 132 Å². The minimum absolute atomic E-state index is 0.0126. The van der Waals surface area contributed by atoms with Crippen molar-refractivity contribution in [1.82, 2.24) is 13.7 Å². The van der Waals surface area contributed by atoms with Gasteiger partial charge in [0.25, 0.3) is 0 Å². The second-order valence-electron chi connectivity index (χ2n) is 40.4. The molecule has 3 nitrogen and oxygen atoms in total. The highest BCUT2D eigenvalue weighted by Crippen LogP contribution is 2.68. The molecule has 8 aliphatic rings. The van der Waals surface area contributed by atoms with Crippen LogP contribution in [0.3, 0.4) is 0 Å². The van der Waals surface area contributed by atoms with Gasteiger partial charge in [-0.25, -0.2) is 0 Å². The summed E-state index contributed by atoms with van der Waals surface area (Å²) < 4.78 is 10.3. The highest BCUT2D eigenvalue weighted by atomic mass is 32.2. The zero-order valence-corrected chi connectivity index (χ0v) is 81.5. The van der Waals surface area contributed by atoms with E-state index in [1.807, 2.05) is 46.6 Å². The third-order valence-corrected chi connectivity index (χ3v) is 38.1. The molecule has 21 aromatic carbocycles. The third kappa shape index (κ3) is 10.4. The molecule has 7 heteroatoms. The lowest BCUT2D eigenvalue weighted by Gasteiger charge is -2.45. The Morgan fingerprint density at radius 3 is 0.979 bits per heavy atom. The van der Waals surface area contributed by atoms with E-state index in [1.165, 1.54) is 277 Å². The van der Waals surface area contributed by atoms with Crippen LogP contribution < -0.4 is 0 Å². The summed E-state index contributed by atoms with van der Waals surface area (Å²) in [6.07, 6.45) is 0. The zero-order chi connectivity index (χ0) is 93.5. The van der Waals surface area contributed by atoms with Gasteiger partial charge in [-0.1, -0.05) is 451 Å². The van der Waals surface area contributed by atoms with E-state index >= 15 is 0 Å². The summed E-state index contributed by atoms with van der Waals surface area (Å²) in [5.41, 5.74) is 45.2. The first-order chi connectivity index (χ1) is 70.0. The number of rotatable bonds is 3. The van der Waals surface area contributed by atoms with E-state index in [-0.39, 0.29) is 10.8 Å². The summed E-state index contributed by atoms with van der Waals surface area (Å²) in [4.78, 5) is 8.01. The van der Waals surface area contributed by atoms with Gasteiger partial charge in [-0.15, -0.1) is 11.3 Å². The van der Waals surface area contributed by atoms with E-state index in [0.717, 1.165) is 0 Å². The van der Waals surface area contributed by atoms with Crippen LogP contribution >= 0.6 is 46.6 Å². The Morgan fingerprint density at radius 2 is 0.493 bits per heavy atom. The minimum Gasteiger partial charge on any atom is -0.309 e. The molecule has 10 heterocycles. The first-order valence-corrected chi connectivity index (χ1v) is 52.8. The number of para-hydroxylation sites is 9. The van der Waals surface area contributed by atoms with E-state index in [1.54, 1.807) is 0 Å². The van der Waals surface area contributed by atoms with Gasteiger partial charge in [-0.2, -0.15) is 0 Å². The molecule has 3 spiro atoms. The average Bonchev–Trinajstić information content (AvgIpc) is 1.37. The molecule has 3 atom stereocenters. The highest BCUT2D eigenvalue weighted by molar-refractivity contribution is 8.00. The standard InChI is InChI=1S/2C46H31NS.C43H25NS2/c1-45(2)33-19-5-3-15-32(33)42-29(16-11-22-36(42)45)31-18-13-24-38-44(31)48-41-27-10-7-21-35(41)46(38)34-20-6-9-26-40(34)47-39-25-8-4-14-28(39)30-17-12-23-37(46)43(30)47;1-45(2)34-17-5-3-13-30(34)33-27-28(25-26-35(33)45)29-15-11-21-39-44(29)48-42-24-10-7-19-37(42)46(39)36-18-6-9-23-41(36)47-40-22-8-4-14-31(40)32-16-12-20-38(46)43(32)47;1-5-22-36-26(12-1)28-14-10-20-34-40(28)44(36)37-23-6-3-18-32(37)43(34)33-19-4-8-25-39(33)46-42-31(17-11-21-35(42)43)30-16-9-15-29-27-13-2-7-24-38(27)45-41(29)30/h2*3-27H,1-2H3;1-25H. The summed E-state index contributed by atoms with van der Waals surface area (Å²) in [5, 5.41) is 10.5. The molecule has 2 aliphatic carbocycles. The Hall–Kier alpha value is -15.7. The third-order valence-electron chi connectivity index (χ3n) is 33.2. The first kappa shape index (κ1) is 81.2. The summed E-state index contributed by atoms with van der Waals surface area (Å²) in [6, 6.07) is 171. The number of benzene rings is 21. The number of fused-ring (bicyclic) bond motifs is 42. The molecule has 0 N–H and O–H groups in total. The number of thiophene rings is 1. The van der Waals surface area contributed by atoms with Crippen LogP contribution in [-0.4, -0.2) is 13.7 Å². The normalized spacial score (nSPS) is 17.1. The molecule has 142 heavy (non-hydrogen) atoms. The molecule has 6 aliphatic heterocycles. The van der Waals surface area contributed by atoms with Crippen LogP contribution in [0, 0.1) is 0 Å². The fraction of sp³-hybridized carbons (Fsp3) is 0.0667. The Labute approximate surface area is 839 Å². The summed E-state index contributed by atoms with van der Waals surface area (Å²) in [5.74, 6) is 0. The van der Waals surface area contributed by atoms with Gasteiger partial charge in [-0.05, 0) is 206 Å². The largest absolute Gasteiger partial charge is 0.309 e. The van der Waals surface area contributed by atoms with Crippen molar-refractivity contribution in [3.63, 3.8) is 0 Å². The van der Waals surface area contributed by atoms with Crippen LogP contribution in [0.25, 0.3) is 158 Å². The van der Waals surface area contributed by atoms with Crippen LogP contribution in [0.4, 0.5) is 0 Å². The Kier molecular flexibility index (Phi) is 17.0. The number of hydrogen-bond donors (Lipinski definition) is 0. The molecule has 0 amide bonds. The van der Waals surface area contributed by atoms with E-state index < -0.39 is 16.2 Å². The second kappa shape index (κ2) is 29.7. The van der Waals surface area contributed by atoms with E-state index in [9.17, 15) is 0 Å². The molecule has 25 aromatic rings. The molecule has 666 valence electrons. The topological polar surface area (TPSA) is 14.8 Å². The second-order valence-corrected chi connectivity index (χ2v) is 44.6. The molecule has 0 bridgehead atoms. The van der Waals surface area contributed by atoms with Crippen molar-refractivity contribution in [1.29, 1.82) is 0 Å². The van der Waals surface area contributed by atoms with Gasteiger partial charge in [-0.3, -0.25) is 0 Å². The summed E-state index contributed by atoms with van der Waals surface area (Å²) in [7, 11) is 0. The lowest BCUT2D eigenvalue weighted by molar-refractivity contribution is 0.660. The lowest BCUT2D eigenvalue weighted by Crippen LogP contribution is -2.37. The highest BCUT2D eigenvalue weighted by Gasteiger charge is 2.55. The maximum Gasteiger partial charge on any atom is 0.0764 e. The van der Waals surface area contributed by atoms with Crippen LogP contribution in [0.15, 0.2) is 484 Å². The molecule has 4 aromatic heterocycles. The van der Waals surface area contributed by atoms with Crippen LogP contribution in [0.2, 0.25) is 0 Å². The average molecular weight is 1880 g/mol. The maximum absolute atomic E-state index is 2.53. The monoisotopic (exact) mass is 1880 g/mol. The maximum atomic E-state index is 2.53. The predicted molar refractivity (Wildman–Crippen MR) is 595 cm³/mol. The quantitative estimate of drug-likeness (QED) is 0.175. The van der Waals surface area contributed by atoms with Gasteiger partial charge in [0.15, 0.2) is 0 Å². The fourth-order valence-corrected chi connectivity index (χ4v) is 32.7. The van der Waals surface area contributed by atoms with Gasteiger partial charge in [0.2, 0.25) is 0 Å². The molecule has 0 fully saturated rings. The van der Waals surface area contributed by atoms with Gasteiger partial charge in [0, 0.05) is 98.3 Å². The fourth-order valence-electron chi connectivity index (χ4n) is 27.5. The van der Waals surface area contributed by atoms with Gasteiger partial charge in [0.05, 0.1) is 66.4 Å². The Bertz CT molecular complexity index is 9910. The summed E-state index contributed by atoms with van der Waals surface area (Å²) >= 11 is 7.72.